The first kappa shape index (κ1) is 15.6. The lowest BCUT2D eigenvalue weighted by molar-refractivity contribution is -0.137. The predicted octanol–water partition coefficient (Wildman–Crippen LogP) is -0.937. The first-order valence-electron chi connectivity index (χ1n) is 8.11. The van der Waals surface area contributed by atoms with Crippen LogP contribution >= 0.6 is 0 Å². The van der Waals surface area contributed by atoms with Crippen LogP contribution < -0.4 is 10.6 Å². The van der Waals surface area contributed by atoms with Crippen molar-refractivity contribution in [3.63, 3.8) is 0 Å². The van der Waals surface area contributed by atoms with Gasteiger partial charge in [0.05, 0.1) is 30.0 Å². The van der Waals surface area contributed by atoms with Gasteiger partial charge in [0.1, 0.15) is 0 Å². The van der Waals surface area contributed by atoms with E-state index in [1.54, 1.807) is 20.1 Å². The zero-order valence-corrected chi connectivity index (χ0v) is 13.8. The molecule has 128 valence electrons. The van der Waals surface area contributed by atoms with Crippen molar-refractivity contribution >= 4 is 11.6 Å². The summed E-state index contributed by atoms with van der Waals surface area (Å²) in [6, 6.07) is 0.260. The van der Waals surface area contributed by atoms with Gasteiger partial charge in [0.15, 0.2) is 5.72 Å². The molecule has 0 radical (unpaired) electrons. The average Bonchev–Trinajstić information content (AvgIpc) is 3.19. The molecule has 4 rings (SSSR count). The van der Waals surface area contributed by atoms with E-state index in [4.69, 9.17) is 4.74 Å². The number of carbonyl (C=O) groups excluding carboxylic acids is 2. The molecule has 4 unspecified atom stereocenters. The molecule has 0 aromatic heterocycles. The standard InChI is InChI=1S/C17H21N3O4/c1-4-5-18-12-8(2)14(22)13-11(15(12)23)9(7-21)17(24-3)16-10(19-16)6-20(13)17/h4,9-10,16,18-19,21H,1,5-7H2,2-3H3. The van der Waals surface area contributed by atoms with Crippen molar-refractivity contribution in [1.82, 2.24) is 15.5 Å². The molecule has 4 aliphatic rings. The first-order valence-corrected chi connectivity index (χ1v) is 8.11. The zero-order valence-electron chi connectivity index (χ0n) is 13.8. The second kappa shape index (κ2) is 5.02. The number of fused-ring (bicyclic) bond motifs is 4. The van der Waals surface area contributed by atoms with Crippen molar-refractivity contribution in [3.05, 3.63) is 35.2 Å². The summed E-state index contributed by atoms with van der Waals surface area (Å²) in [5.41, 5.74) is 0.608. The summed E-state index contributed by atoms with van der Waals surface area (Å²) in [7, 11) is 1.57. The van der Waals surface area contributed by atoms with Crippen molar-refractivity contribution in [1.29, 1.82) is 0 Å². The van der Waals surface area contributed by atoms with Crippen LogP contribution in [-0.4, -0.2) is 66.2 Å². The number of hydrogen-bond donors (Lipinski definition) is 3. The smallest absolute Gasteiger partial charge is 0.208 e. The fourth-order valence-electron chi connectivity index (χ4n) is 4.53. The Morgan fingerprint density at radius 3 is 2.88 bits per heavy atom. The van der Waals surface area contributed by atoms with E-state index in [1.165, 1.54) is 0 Å². The molecular weight excluding hydrogens is 310 g/mol. The lowest BCUT2D eigenvalue weighted by atomic mass is 9.82. The van der Waals surface area contributed by atoms with Crippen molar-refractivity contribution < 1.29 is 19.4 Å². The van der Waals surface area contributed by atoms with E-state index in [0.29, 0.717) is 35.6 Å². The molecule has 0 aromatic rings. The number of piperazine rings is 1. The maximum atomic E-state index is 13.1. The Labute approximate surface area is 140 Å². The van der Waals surface area contributed by atoms with Crippen molar-refractivity contribution in [2.75, 3.05) is 26.8 Å². The highest BCUT2D eigenvalue weighted by atomic mass is 16.5. The molecule has 0 bridgehead atoms. The maximum absolute atomic E-state index is 13.1. The molecule has 3 N–H and O–H groups in total. The number of ether oxygens (including phenoxy) is 1. The van der Waals surface area contributed by atoms with Gasteiger partial charge in [-0.15, -0.1) is 6.58 Å². The third-order valence-corrected chi connectivity index (χ3v) is 5.64. The number of methoxy groups -OCH3 is 1. The number of ketones is 2. The van der Waals surface area contributed by atoms with Crippen LogP contribution in [0.3, 0.4) is 0 Å². The summed E-state index contributed by atoms with van der Waals surface area (Å²) < 4.78 is 5.82. The fraction of sp³-hybridized carbons (Fsp3) is 0.529. The third kappa shape index (κ3) is 1.62. The molecule has 4 atom stereocenters. The molecule has 0 amide bonds. The van der Waals surface area contributed by atoms with Gasteiger partial charge in [-0.05, 0) is 6.92 Å². The summed E-state index contributed by atoms with van der Waals surface area (Å²) in [5, 5.41) is 16.3. The van der Waals surface area contributed by atoms with Crippen molar-refractivity contribution in [2.45, 2.75) is 24.7 Å². The number of carbonyl (C=O) groups is 2. The molecule has 0 aromatic carbocycles. The van der Waals surface area contributed by atoms with Gasteiger partial charge >= 0.3 is 0 Å². The zero-order chi connectivity index (χ0) is 17.2. The van der Waals surface area contributed by atoms with Gasteiger partial charge in [0.25, 0.3) is 0 Å². The third-order valence-electron chi connectivity index (χ3n) is 5.64. The van der Waals surface area contributed by atoms with Crippen molar-refractivity contribution in [3.8, 4) is 0 Å². The Morgan fingerprint density at radius 2 is 2.25 bits per heavy atom. The maximum Gasteiger partial charge on any atom is 0.208 e. The Morgan fingerprint density at radius 1 is 1.50 bits per heavy atom. The molecule has 2 saturated heterocycles. The van der Waals surface area contributed by atoms with Crippen LogP contribution in [-0.2, 0) is 14.3 Å². The number of Topliss-reactive ketones (excluding diaryl/α,β-unsaturated/α-hetero) is 2. The fourth-order valence-corrected chi connectivity index (χ4v) is 4.53. The number of nitrogens with one attached hydrogen (secondary N) is 2. The minimum atomic E-state index is -0.858. The molecule has 7 nitrogen and oxygen atoms in total. The molecule has 0 saturated carbocycles. The summed E-state index contributed by atoms with van der Waals surface area (Å²) in [6.07, 6.45) is 1.63. The second-order valence-electron chi connectivity index (χ2n) is 6.64. The lowest BCUT2D eigenvalue weighted by Crippen LogP contribution is -2.54. The molecule has 3 heterocycles. The largest absolute Gasteiger partial charge is 0.396 e. The van der Waals surface area contributed by atoms with E-state index >= 15 is 0 Å². The van der Waals surface area contributed by atoms with Gasteiger partial charge in [0, 0.05) is 37.4 Å². The van der Waals surface area contributed by atoms with Gasteiger partial charge in [-0.1, -0.05) is 6.08 Å². The van der Waals surface area contributed by atoms with E-state index in [-0.39, 0.29) is 30.3 Å². The van der Waals surface area contributed by atoms with E-state index in [0.717, 1.165) is 0 Å². The van der Waals surface area contributed by atoms with Gasteiger partial charge in [-0.25, -0.2) is 0 Å². The Kier molecular flexibility index (Phi) is 3.25. The van der Waals surface area contributed by atoms with Gasteiger partial charge < -0.3 is 25.4 Å². The number of rotatable bonds is 5. The Balaban J connectivity index is 1.82. The lowest BCUT2D eigenvalue weighted by Gasteiger charge is -2.39. The predicted molar refractivity (Wildman–Crippen MR) is 85.7 cm³/mol. The van der Waals surface area contributed by atoms with Crippen LogP contribution in [0.15, 0.2) is 35.2 Å². The molecule has 24 heavy (non-hydrogen) atoms. The van der Waals surface area contributed by atoms with Crippen LogP contribution in [0.5, 0.6) is 0 Å². The van der Waals surface area contributed by atoms with Gasteiger partial charge in [0.2, 0.25) is 11.6 Å². The number of allylic oxidation sites excluding steroid dienone is 2. The van der Waals surface area contributed by atoms with Crippen LogP contribution in [0.1, 0.15) is 6.92 Å². The van der Waals surface area contributed by atoms with Crippen LogP contribution in [0, 0.1) is 5.92 Å². The molecule has 1 aliphatic carbocycles. The van der Waals surface area contributed by atoms with Gasteiger partial charge in [-0.3, -0.25) is 9.59 Å². The monoisotopic (exact) mass is 331 g/mol. The number of aliphatic hydroxyl groups excluding tert-OH is 1. The Bertz CT molecular complexity index is 725. The average molecular weight is 331 g/mol. The Hall–Kier alpha value is -1.96. The van der Waals surface area contributed by atoms with Crippen LogP contribution in [0.2, 0.25) is 0 Å². The minimum Gasteiger partial charge on any atom is -0.396 e. The van der Waals surface area contributed by atoms with E-state index in [9.17, 15) is 14.7 Å². The second-order valence-corrected chi connectivity index (χ2v) is 6.64. The van der Waals surface area contributed by atoms with Crippen molar-refractivity contribution in [2.24, 2.45) is 5.92 Å². The SMILES string of the molecule is C=CCNC1=C(C)C(=O)C2=C(C1=O)C(CO)C1(OC)C3NC3CN21. The number of nitrogens with zero attached hydrogens (tertiary/aromatic N) is 1. The molecular formula is C17H21N3O4. The number of aliphatic hydroxyl groups is 1. The minimum absolute atomic E-state index is 0.0238. The van der Waals surface area contributed by atoms with Gasteiger partial charge in [-0.2, -0.15) is 0 Å². The van der Waals surface area contributed by atoms with E-state index in [2.05, 4.69) is 17.2 Å². The summed E-state index contributed by atoms with van der Waals surface area (Å²) in [6.45, 7) is 6.04. The highest BCUT2D eigenvalue weighted by Crippen LogP contribution is 2.55. The molecule has 3 aliphatic heterocycles. The van der Waals surface area contributed by atoms with Crippen LogP contribution in [0.4, 0.5) is 0 Å². The first-order chi connectivity index (χ1) is 11.5. The molecule has 0 spiro atoms. The summed E-state index contributed by atoms with van der Waals surface area (Å²) >= 11 is 0. The van der Waals surface area contributed by atoms with Crippen LogP contribution in [0.25, 0.3) is 0 Å². The topological polar surface area (TPSA) is 101 Å². The highest BCUT2D eigenvalue weighted by molar-refractivity contribution is 6.25. The van der Waals surface area contributed by atoms with E-state index in [1.807, 2.05) is 4.90 Å². The normalized spacial score (nSPS) is 36.8. The highest BCUT2D eigenvalue weighted by Gasteiger charge is 2.72. The molecule has 2 fully saturated rings. The quantitative estimate of drug-likeness (QED) is 0.340. The molecule has 7 heteroatoms. The van der Waals surface area contributed by atoms with E-state index < -0.39 is 11.6 Å². The summed E-state index contributed by atoms with van der Waals surface area (Å²) in [5.74, 6) is -0.951. The number of hydrogen-bond acceptors (Lipinski definition) is 7. The summed E-state index contributed by atoms with van der Waals surface area (Å²) in [4.78, 5) is 27.9.